The molecule has 0 aliphatic carbocycles. The number of rotatable bonds is 6. The summed E-state index contributed by atoms with van der Waals surface area (Å²) < 4.78 is 5.06. The third-order valence-electron chi connectivity index (χ3n) is 5.19. The van der Waals surface area contributed by atoms with Crippen LogP contribution in [-0.2, 0) is 12.8 Å². The van der Waals surface area contributed by atoms with Crippen molar-refractivity contribution in [3.8, 4) is 5.75 Å². The fourth-order valence-electron chi connectivity index (χ4n) is 3.78. The van der Waals surface area contributed by atoms with Crippen LogP contribution >= 0.6 is 11.9 Å². The van der Waals surface area contributed by atoms with E-state index in [-0.39, 0.29) is 5.92 Å². The van der Waals surface area contributed by atoms with E-state index in [9.17, 15) is 0 Å². The molecule has 5 aromatic rings. The van der Waals surface area contributed by atoms with Crippen molar-refractivity contribution in [2.45, 2.75) is 18.8 Å². The number of imidazole rings is 2. The molecule has 2 N–H and O–H groups in total. The van der Waals surface area contributed by atoms with Gasteiger partial charge in [-0.15, -0.1) is 0 Å². The number of para-hydroxylation sites is 5. The van der Waals surface area contributed by atoms with Crippen LogP contribution in [0.2, 0.25) is 0 Å². The Morgan fingerprint density at radius 2 is 1.41 bits per heavy atom. The van der Waals surface area contributed by atoms with E-state index in [0.717, 1.165) is 45.7 Å². The first kappa shape index (κ1) is 17.8. The molecule has 0 fully saturated rings. The van der Waals surface area contributed by atoms with E-state index in [2.05, 4.69) is 9.97 Å². The number of aromatic nitrogens is 4. The number of halogens is 1. The predicted octanol–water partition coefficient (Wildman–Crippen LogP) is 5.54. The zero-order valence-corrected chi connectivity index (χ0v) is 16.4. The van der Waals surface area contributed by atoms with Crippen LogP contribution in [0.1, 0.15) is 23.1 Å². The highest BCUT2D eigenvalue weighted by Crippen LogP contribution is 2.29. The Bertz CT molecular complexity index is 1210. The van der Waals surface area contributed by atoms with Crippen molar-refractivity contribution >= 4 is 33.9 Å². The van der Waals surface area contributed by atoms with Crippen LogP contribution in [0.4, 0.5) is 0 Å². The quantitative estimate of drug-likeness (QED) is 0.391. The van der Waals surface area contributed by atoms with Gasteiger partial charge in [-0.05, 0) is 42.3 Å². The first-order valence-electron chi connectivity index (χ1n) is 9.55. The molecule has 0 bridgehead atoms. The van der Waals surface area contributed by atoms with Gasteiger partial charge in [0.15, 0.2) is 0 Å². The summed E-state index contributed by atoms with van der Waals surface area (Å²) in [6.45, 7) is 0. The summed E-state index contributed by atoms with van der Waals surface area (Å²) in [7, 11) is 0. The summed E-state index contributed by atoms with van der Waals surface area (Å²) in [6.07, 6.45) is 1.44. The third kappa shape index (κ3) is 3.57. The highest BCUT2D eigenvalue weighted by molar-refractivity contribution is 6.09. The molecule has 144 valence electrons. The maximum atomic E-state index is 5.70. The Balaban J connectivity index is 1.54. The number of hydrogen-bond acceptors (Lipinski definition) is 3. The van der Waals surface area contributed by atoms with Crippen molar-refractivity contribution < 1.29 is 4.29 Å². The van der Waals surface area contributed by atoms with Gasteiger partial charge < -0.3 is 14.3 Å². The van der Waals surface area contributed by atoms with Gasteiger partial charge in [0.05, 0.1) is 22.1 Å². The van der Waals surface area contributed by atoms with Crippen LogP contribution in [0.15, 0.2) is 72.8 Å². The van der Waals surface area contributed by atoms with Gasteiger partial charge in [0, 0.05) is 12.3 Å². The largest absolute Gasteiger partial charge is 0.385 e. The monoisotopic (exact) mass is 402 g/mol. The van der Waals surface area contributed by atoms with Crippen LogP contribution < -0.4 is 4.29 Å². The lowest BCUT2D eigenvalue weighted by Gasteiger charge is -2.15. The number of aromatic amines is 2. The zero-order valence-electron chi connectivity index (χ0n) is 15.6. The fourth-order valence-corrected chi connectivity index (χ4v) is 3.93. The molecule has 0 saturated heterocycles. The summed E-state index contributed by atoms with van der Waals surface area (Å²) >= 11 is 5.70. The summed E-state index contributed by atoms with van der Waals surface area (Å²) in [5, 5.41) is 0. The minimum absolute atomic E-state index is 0.0796. The van der Waals surface area contributed by atoms with Crippen molar-refractivity contribution in [1.29, 1.82) is 0 Å². The van der Waals surface area contributed by atoms with Crippen LogP contribution in [0, 0.1) is 0 Å². The molecule has 0 aliphatic rings. The molecule has 0 radical (unpaired) electrons. The van der Waals surface area contributed by atoms with Crippen molar-refractivity contribution in [1.82, 2.24) is 19.9 Å². The molecule has 3 aromatic carbocycles. The Labute approximate surface area is 172 Å². The number of H-pyrrole nitrogens is 2. The second kappa shape index (κ2) is 7.60. The molecule has 5 rings (SSSR count). The molecule has 0 saturated carbocycles. The van der Waals surface area contributed by atoms with Gasteiger partial charge in [0.2, 0.25) is 0 Å². The molecule has 1 unspecified atom stereocenters. The highest BCUT2D eigenvalue weighted by atomic mass is 35.5. The smallest absolute Gasteiger partial charge is 0.149 e. The normalized spacial score (nSPS) is 12.4. The maximum absolute atomic E-state index is 5.70. The number of hydrogen-bond donors (Lipinski definition) is 2. The van der Waals surface area contributed by atoms with Crippen LogP contribution in [0.25, 0.3) is 22.1 Å². The summed E-state index contributed by atoms with van der Waals surface area (Å²) in [5.41, 5.74) is 5.02. The van der Waals surface area contributed by atoms with E-state index in [1.807, 2.05) is 72.8 Å². The molecule has 0 amide bonds. The van der Waals surface area contributed by atoms with Gasteiger partial charge in [-0.25, -0.2) is 9.97 Å². The molecular formula is C23H19ClN4O. The van der Waals surface area contributed by atoms with Gasteiger partial charge in [0.25, 0.3) is 0 Å². The Hall–Kier alpha value is -3.31. The van der Waals surface area contributed by atoms with Crippen molar-refractivity contribution in [3.63, 3.8) is 0 Å². The molecule has 0 spiro atoms. The lowest BCUT2D eigenvalue weighted by Crippen LogP contribution is -2.10. The number of fused-ring (bicyclic) bond motifs is 2. The average molecular weight is 403 g/mol. The van der Waals surface area contributed by atoms with E-state index in [0.29, 0.717) is 12.2 Å². The highest BCUT2D eigenvalue weighted by Gasteiger charge is 2.21. The Morgan fingerprint density at radius 1 is 0.759 bits per heavy atom. The van der Waals surface area contributed by atoms with Crippen molar-refractivity contribution in [3.05, 3.63) is 90.0 Å². The standard InChI is InChI=1S/C23H19ClN4O/c24-29-21-12-6-1-7-15(21)13-16(23-27-19-10-4-5-11-20(19)28-23)14-22-25-17-8-2-3-9-18(17)26-22/h1-12,16H,13-14H2,(H,25,26)(H,27,28). The van der Waals surface area contributed by atoms with Crippen LogP contribution in [0.3, 0.4) is 0 Å². The third-order valence-corrected chi connectivity index (χ3v) is 5.36. The van der Waals surface area contributed by atoms with Gasteiger partial charge in [0.1, 0.15) is 29.3 Å². The molecule has 0 aliphatic heterocycles. The second-order valence-electron chi connectivity index (χ2n) is 7.13. The van der Waals surface area contributed by atoms with Crippen molar-refractivity contribution in [2.24, 2.45) is 0 Å². The van der Waals surface area contributed by atoms with E-state index in [4.69, 9.17) is 26.1 Å². The van der Waals surface area contributed by atoms with Crippen LogP contribution in [-0.4, -0.2) is 19.9 Å². The first-order valence-corrected chi connectivity index (χ1v) is 9.86. The minimum atomic E-state index is 0.0796. The van der Waals surface area contributed by atoms with Gasteiger partial charge in [-0.1, -0.05) is 42.5 Å². The maximum Gasteiger partial charge on any atom is 0.149 e. The topological polar surface area (TPSA) is 66.6 Å². The van der Waals surface area contributed by atoms with E-state index in [1.165, 1.54) is 0 Å². The lowest BCUT2D eigenvalue weighted by molar-refractivity contribution is 0.580. The molecular weight excluding hydrogens is 384 g/mol. The molecule has 2 aromatic heterocycles. The molecule has 29 heavy (non-hydrogen) atoms. The number of nitrogens with one attached hydrogen (secondary N) is 2. The van der Waals surface area contributed by atoms with Crippen molar-refractivity contribution in [2.75, 3.05) is 0 Å². The van der Waals surface area contributed by atoms with E-state index in [1.54, 1.807) is 0 Å². The second-order valence-corrected chi connectivity index (χ2v) is 7.28. The predicted molar refractivity (Wildman–Crippen MR) is 115 cm³/mol. The fraction of sp³-hybridized carbons (Fsp3) is 0.130. The average Bonchev–Trinajstić information content (AvgIpc) is 3.37. The van der Waals surface area contributed by atoms with Gasteiger partial charge in [-0.2, -0.15) is 0 Å². The summed E-state index contributed by atoms with van der Waals surface area (Å²) in [5.74, 6) is 2.60. The van der Waals surface area contributed by atoms with E-state index >= 15 is 0 Å². The molecule has 5 nitrogen and oxygen atoms in total. The number of nitrogens with zero attached hydrogens (tertiary/aromatic N) is 2. The summed E-state index contributed by atoms with van der Waals surface area (Å²) in [6, 6.07) is 23.9. The Morgan fingerprint density at radius 3 is 2.14 bits per heavy atom. The van der Waals surface area contributed by atoms with Crippen LogP contribution in [0.5, 0.6) is 5.75 Å². The Kier molecular flexibility index (Phi) is 4.66. The molecule has 6 heteroatoms. The van der Waals surface area contributed by atoms with Gasteiger partial charge in [-0.3, -0.25) is 0 Å². The summed E-state index contributed by atoms with van der Waals surface area (Å²) in [4.78, 5) is 16.5. The zero-order chi connectivity index (χ0) is 19.6. The molecule has 1 atom stereocenters. The SMILES string of the molecule is ClOc1ccccc1CC(Cc1nc2ccccc2[nH]1)c1nc2ccccc2[nH]1. The van der Waals surface area contributed by atoms with Gasteiger partial charge >= 0.3 is 0 Å². The first-order chi connectivity index (χ1) is 14.3. The minimum Gasteiger partial charge on any atom is -0.385 e. The lowest BCUT2D eigenvalue weighted by atomic mass is 9.94. The number of benzene rings is 3. The molecule has 2 heterocycles. The van der Waals surface area contributed by atoms with E-state index < -0.39 is 0 Å².